The van der Waals surface area contributed by atoms with Crippen LogP contribution in [0.2, 0.25) is 0 Å². The quantitative estimate of drug-likeness (QED) is 0.837. The first-order chi connectivity index (χ1) is 7.11. The van der Waals surface area contributed by atoms with E-state index in [9.17, 15) is 8.78 Å². The molecule has 3 nitrogen and oxygen atoms in total. The third-order valence-electron chi connectivity index (χ3n) is 2.14. The van der Waals surface area contributed by atoms with E-state index in [1.807, 2.05) is 0 Å². The van der Waals surface area contributed by atoms with Crippen LogP contribution in [0.5, 0.6) is 11.5 Å². The fourth-order valence-corrected chi connectivity index (χ4v) is 1.46. The SMILES string of the molecule is NCCCc1ccc2c(c1)OC(F)(F)O2. The smallest absolute Gasteiger partial charge is 0.395 e. The Balaban J connectivity index is 2.15. The minimum Gasteiger partial charge on any atom is -0.395 e. The highest BCUT2D eigenvalue weighted by molar-refractivity contribution is 5.45. The van der Waals surface area contributed by atoms with Crippen molar-refractivity contribution in [1.82, 2.24) is 0 Å². The van der Waals surface area contributed by atoms with Crippen LogP contribution in [0.15, 0.2) is 18.2 Å². The molecule has 0 amide bonds. The van der Waals surface area contributed by atoms with Gasteiger partial charge in [0.15, 0.2) is 11.5 Å². The molecule has 1 aromatic carbocycles. The maximum atomic E-state index is 12.7. The first-order valence-corrected chi connectivity index (χ1v) is 4.69. The Morgan fingerprint density at radius 2 is 1.93 bits per heavy atom. The Labute approximate surface area is 85.8 Å². The van der Waals surface area contributed by atoms with Gasteiger partial charge in [-0.3, -0.25) is 0 Å². The largest absolute Gasteiger partial charge is 0.586 e. The van der Waals surface area contributed by atoms with Gasteiger partial charge in [0.2, 0.25) is 0 Å². The molecule has 0 fully saturated rings. The maximum Gasteiger partial charge on any atom is 0.586 e. The highest BCUT2D eigenvalue weighted by Crippen LogP contribution is 2.41. The molecule has 0 atom stereocenters. The van der Waals surface area contributed by atoms with Gasteiger partial charge in [-0.15, -0.1) is 8.78 Å². The number of hydrogen-bond donors (Lipinski definition) is 1. The van der Waals surface area contributed by atoms with Gasteiger partial charge in [-0.2, -0.15) is 0 Å². The molecule has 15 heavy (non-hydrogen) atoms. The average molecular weight is 215 g/mol. The van der Waals surface area contributed by atoms with E-state index in [-0.39, 0.29) is 11.5 Å². The number of ether oxygens (including phenoxy) is 2. The van der Waals surface area contributed by atoms with Crippen LogP contribution < -0.4 is 15.2 Å². The zero-order valence-corrected chi connectivity index (χ0v) is 8.00. The summed E-state index contributed by atoms with van der Waals surface area (Å²) < 4.78 is 33.9. The van der Waals surface area contributed by atoms with E-state index in [0.717, 1.165) is 18.4 Å². The summed E-state index contributed by atoms with van der Waals surface area (Å²) in [7, 11) is 0. The minimum absolute atomic E-state index is 0.0801. The van der Waals surface area contributed by atoms with Crippen molar-refractivity contribution in [3.05, 3.63) is 23.8 Å². The van der Waals surface area contributed by atoms with E-state index in [4.69, 9.17) is 5.73 Å². The third-order valence-corrected chi connectivity index (χ3v) is 2.14. The molecule has 1 aromatic rings. The Bertz CT molecular complexity index is 368. The minimum atomic E-state index is -3.53. The second-order valence-electron chi connectivity index (χ2n) is 3.34. The lowest BCUT2D eigenvalue weighted by Crippen LogP contribution is -2.25. The monoisotopic (exact) mass is 215 g/mol. The summed E-state index contributed by atoms with van der Waals surface area (Å²) in [5.41, 5.74) is 6.27. The van der Waals surface area contributed by atoms with Gasteiger partial charge < -0.3 is 15.2 Å². The Morgan fingerprint density at radius 1 is 1.20 bits per heavy atom. The van der Waals surface area contributed by atoms with E-state index < -0.39 is 6.29 Å². The molecule has 0 spiro atoms. The highest BCUT2D eigenvalue weighted by atomic mass is 19.3. The molecule has 2 rings (SSSR count). The standard InChI is InChI=1S/C10H11F2NO2/c11-10(12)14-8-4-3-7(2-1-5-13)6-9(8)15-10/h3-4,6H,1-2,5,13H2. The number of halogens is 2. The second-order valence-corrected chi connectivity index (χ2v) is 3.34. The predicted molar refractivity (Wildman–Crippen MR) is 50.0 cm³/mol. The molecule has 1 aliphatic rings. The van der Waals surface area contributed by atoms with Gasteiger partial charge >= 0.3 is 6.29 Å². The number of rotatable bonds is 3. The zero-order valence-electron chi connectivity index (χ0n) is 8.00. The first kappa shape index (κ1) is 10.2. The molecule has 1 aliphatic heterocycles. The topological polar surface area (TPSA) is 44.5 Å². The van der Waals surface area contributed by atoms with E-state index >= 15 is 0 Å². The van der Waals surface area contributed by atoms with Crippen LogP contribution in [0, 0.1) is 0 Å². The summed E-state index contributed by atoms with van der Waals surface area (Å²) in [5.74, 6) is 0.172. The van der Waals surface area contributed by atoms with Crippen LogP contribution in [0.3, 0.4) is 0 Å². The third kappa shape index (κ3) is 2.18. The Morgan fingerprint density at radius 3 is 2.67 bits per heavy atom. The van der Waals surface area contributed by atoms with Crippen molar-refractivity contribution >= 4 is 0 Å². The highest BCUT2D eigenvalue weighted by Gasteiger charge is 2.43. The summed E-state index contributed by atoms with van der Waals surface area (Å²) >= 11 is 0. The number of aryl methyl sites for hydroxylation is 1. The molecule has 1 heterocycles. The van der Waals surface area contributed by atoms with Gasteiger partial charge in [-0.25, -0.2) is 0 Å². The molecule has 82 valence electrons. The Kier molecular flexibility index (Phi) is 2.48. The lowest BCUT2D eigenvalue weighted by atomic mass is 10.1. The van der Waals surface area contributed by atoms with E-state index in [2.05, 4.69) is 9.47 Å². The fraction of sp³-hybridized carbons (Fsp3) is 0.400. The normalized spacial score (nSPS) is 16.7. The molecule has 0 radical (unpaired) electrons. The van der Waals surface area contributed by atoms with E-state index in [1.165, 1.54) is 6.07 Å². The number of benzene rings is 1. The number of nitrogens with two attached hydrogens (primary N) is 1. The van der Waals surface area contributed by atoms with Crippen molar-refractivity contribution in [3.63, 3.8) is 0 Å². The molecule has 0 aliphatic carbocycles. The summed E-state index contributed by atoms with van der Waals surface area (Å²) in [6.07, 6.45) is -1.97. The molecule has 0 saturated carbocycles. The van der Waals surface area contributed by atoms with Crippen LogP contribution in [0.1, 0.15) is 12.0 Å². The Hall–Kier alpha value is -1.36. The fourth-order valence-electron chi connectivity index (χ4n) is 1.46. The van der Waals surface area contributed by atoms with Crippen molar-refractivity contribution < 1.29 is 18.3 Å². The molecule has 0 aromatic heterocycles. The summed E-state index contributed by atoms with van der Waals surface area (Å²) in [4.78, 5) is 0. The molecular weight excluding hydrogens is 204 g/mol. The average Bonchev–Trinajstić information content (AvgIpc) is 2.47. The molecular formula is C10H11F2NO2. The van der Waals surface area contributed by atoms with Crippen molar-refractivity contribution in [2.45, 2.75) is 19.1 Å². The summed E-state index contributed by atoms with van der Waals surface area (Å²) in [6, 6.07) is 4.78. The van der Waals surface area contributed by atoms with Gasteiger partial charge in [0.25, 0.3) is 0 Å². The van der Waals surface area contributed by atoms with Crippen LogP contribution in [-0.4, -0.2) is 12.8 Å². The summed E-state index contributed by atoms with van der Waals surface area (Å²) in [6.45, 7) is 0.574. The van der Waals surface area contributed by atoms with E-state index in [0.29, 0.717) is 6.54 Å². The number of hydrogen-bond acceptors (Lipinski definition) is 3. The molecule has 2 N–H and O–H groups in total. The van der Waals surface area contributed by atoms with Crippen LogP contribution in [-0.2, 0) is 6.42 Å². The van der Waals surface area contributed by atoms with Crippen molar-refractivity contribution in [3.8, 4) is 11.5 Å². The lowest BCUT2D eigenvalue weighted by Gasteiger charge is -2.04. The van der Waals surface area contributed by atoms with Crippen molar-refractivity contribution in [1.29, 1.82) is 0 Å². The number of alkyl halides is 2. The maximum absolute atomic E-state index is 12.7. The number of fused-ring (bicyclic) bond motifs is 1. The van der Waals surface area contributed by atoms with Crippen LogP contribution >= 0.6 is 0 Å². The molecule has 5 heteroatoms. The lowest BCUT2D eigenvalue weighted by molar-refractivity contribution is -0.286. The van der Waals surface area contributed by atoms with Gasteiger partial charge in [-0.1, -0.05) is 6.07 Å². The van der Waals surface area contributed by atoms with Crippen molar-refractivity contribution in [2.75, 3.05) is 6.54 Å². The second kappa shape index (κ2) is 3.66. The zero-order chi connectivity index (χ0) is 10.9. The van der Waals surface area contributed by atoms with Crippen LogP contribution in [0.25, 0.3) is 0 Å². The first-order valence-electron chi connectivity index (χ1n) is 4.69. The molecule has 0 saturated heterocycles. The molecule has 0 bridgehead atoms. The molecule has 0 unspecified atom stereocenters. The van der Waals surface area contributed by atoms with Gasteiger partial charge in [0, 0.05) is 0 Å². The van der Waals surface area contributed by atoms with Crippen molar-refractivity contribution in [2.24, 2.45) is 5.73 Å². The summed E-state index contributed by atoms with van der Waals surface area (Å²) in [5, 5.41) is 0. The van der Waals surface area contributed by atoms with E-state index in [1.54, 1.807) is 12.1 Å². The van der Waals surface area contributed by atoms with Gasteiger partial charge in [0.1, 0.15) is 0 Å². The van der Waals surface area contributed by atoms with Gasteiger partial charge in [0.05, 0.1) is 0 Å². The predicted octanol–water partition coefficient (Wildman–Crippen LogP) is 1.90. The van der Waals surface area contributed by atoms with Gasteiger partial charge in [-0.05, 0) is 37.1 Å². The van der Waals surface area contributed by atoms with Crippen LogP contribution in [0.4, 0.5) is 8.78 Å².